The van der Waals surface area contributed by atoms with E-state index in [-0.39, 0.29) is 0 Å². The van der Waals surface area contributed by atoms with E-state index in [4.69, 9.17) is 4.52 Å². The smallest absolute Gasteiger partial charge is 0.278 e. The number of benzene rings is 1. The molecule has 1 aromatic carbocycles. The molecular formula is C20H23N5O. The summed E-state index contributed by atoms with van der Waals surface area (Å²) in [6.07, 6.45) is 5.62. The van der Waals surface area contributed by atoms with Crippen molar-refractivity contribution in [3.8, 4) is 11.6 Å². The van der Waals surface area contributed by atoms with Crippen LogP contribution in [0.1, 0.15) is 41.4 Å². The van der Waals surface area contributed by atoms with Crippen LogP contribution in [0, 0.1) is 13.8 Å². The fourth-order valence-corrected chi connectivity index (χ4v) is 3.45. The van der Waals surface area contributed by atoms with Gasteiger partial charge in [0.15, 0.2) is 5.82 Å². The zero-order chi connectivity index (χ0) is 17.9. The van der Waals surface area contributed by atoms with Crippen LogP contribution >= 0.6 is 0 Å². The summed E-state index contributed by atoms with van der Waals surface area (Å²) in [6.45, 7) is 7.11. The van der Waals surface area contributed by atoms with E-state index in [0.717, 1.165) is 44.0 Å². The van der Waals surface area contributed by atoms with Crippen LogP contribution in [0.5, 0.6) is 0 Å². The van der Waals surface area contributed by atoms with Gasteiger partial charge < -0.3 is 4.52 Å². The first-order valence-electron chi connectivity index (χ1n) is 9.08. The normalized spacial score (nSPS) is 18.2. The molecule has 0 radical (unpaired) electrons. The molecule has 0 bridgehead atoms. The molecule has 26 heavy (non-hydrogen) atoms. The van der Waals surface area contributed by atoms with E-state index >= 15 is 0 Å². The molecule has 1 fully saturated rings. The molecule has 6 heteroatoms. The Labute approximate surface area is 153 Å². The topological polar surface area (TPSA) is 67.9 Å². The quantitative estimate of drug-likeness (QED) is 0.718. The number of rotatable bonds is 4. The predicted molar refractivity (Wildman–Crippen MR) is 98.5 cm³/mol. The van der Waals surface area contributed by atoms with Crippen molar-refractivity contribution in [3.05, 3.63) is 59.3 Å². The first-order valence-corrected chi connectivity index (χ1v) is 9.08. The third kappa shape index (κ3) is 3.65. The van der Waals surface area contributed by atoms with Crippen molar-refractivity contribution in [1.29, 1.82) is 0 Å². The highest BCUT2D eigenvalue weighted by Crippen LogP contribution is 2.27. The first kappa shape index (κ1) is 16.8. The third-order valence-electron chi connectivity index (χ3n) is 4.97. The molecule has 0 aliphatic carbocycles. The molecule has 0 N–H and O–H groups in total. The highest BCUT2D eigenvalue weighted by atomic mass is 16.5. The standard InChI is InChI=1S/C20H23N5O/c1-14-6-3-4-7-16(14)12-25-9-5-8-17(13-25)19-23-20(26-24-19)18-11-21-15(2)10-22-18/h3-4,6-7,10-11,17H,5,8-9,12-13H2,1-2H3/t17-/m1/s1. The second-order valence-corrected chi connectivity index (χ2v) is 7.00. The Hall–Kier alpha value is -2.60. The molecule has 1 atom stereocenters. The van der Waals surface area contributed by atoms with Gasteiger partial charge in [0.2, 0.25) is 0 Å². The molecule has 3 aromatic rings. The van der Waals surface area contributed by atoms with Gasteiger partial charge in [-0.25, -0.2) is 4.98 Å². The van der Waals surface area contributed by atoms with Crippen molar-refractivity contribution >= 4 is 0 Å². The van der Waals surface area contributed by atoms with Crippen molar-refractivity contribution in [3.63, 3.8) is 0 Å². The van der Waals surface area contributed by atoms with Crippen LogP contribution in [0.2, 0.25) is 0 Å². The number of hydrogen-bond acceptors (Lipinski definition) is 6. The van der Waals surface area contributed by atoms with Crippen molar-refractivity contribution in [2.24, 2.45) is 0 Å². The summed E-state index contributed by atoms with van der Waals surface area (Å²) in [5, 5.41) is 4.22. The van der Waals surface area contributed by atoms with E-state index in [1.165, 1.54) is 11.1 Å². The molecule has 0 amide bonds. The molecule has 0 unspecified atom stereocenters. The summed E-state index contributed by atoms with van der Waals surface area (Å²) in [4.78, 5) is 15.6. The zero-order valence-electron chi connectivity index (χ0n) is 15.2. The summed E-state index contributed by atoms with van der Waals surface area (Å²) in [6, 6.07) is 8.58. The average Bonchev–Trinajstić information content (AvgIpc) is 3.15. The lowest BCUT2D eigenvalue weighted by atomic mass is 9.96. The van der Waals surface area contributed by atoms with Crippen molar-refractivity contribution < 1.29 is 4.52 Å². The Kier molecular flexibility index (Phi) is 4.75. The second kappa shape index (κ2) is 7.33. The van der Waals surface area contributed by atoms with E-state index in [2.05, 4.69) is 56.2 Å². The molecular weight excluding hydrogens is 326 g/mol. The van der Waals surface area contributed by atoms with Gasteiger partial charge in [-0.2, -0.15) is 4.98 Å². The summed E-state index contributed by atoms with van der Waals surface area (Å²) in [7, 11) is 0. The number of nitrogens with zero attached hydrogens (tertiary/aromatic N) is 5. The Morgan fingerprint density at radius 1 is 1.15 bits per heavy atom. The number of hydrogen-bond donors (Lipinski definition) is 0. The monoisotopic (exact) mass is 349 g/mol. The van der Waals surface area contributed by atoms with Gasteiger partial charge in [-0.05, 0) is 44.4 Å². The molecule has 0 saturated carbocycles. The van der Waals surface area contributed by atoms with Crippen LogP contribution in [0.15, 0.2) is 41.2 Å². The Morgan fingerprint density at radius 3 is 2.85 bits per heavy atom. The van der Waals surface area contributed by atoms with Gasteiger partial charge in [-0.15, -0.1) is 0 Å². The largest absolute Gasteiger partial charge is 0.332 e. The summed E-state index contributed by atoms with van der Waals surface area (Å²) >= 11 is 0. The second-order valence-electron chi connectivity index (χ2n) is 7.00. The van der Waals surface area contributed by atoms with Crippen molar-refractivity contribution in [2.45, 2.75) is 39.2 Å². The minimum atomic E-state index is 0.295. The van der Waals surface area contributed by atoms with Gasteiger partial charge in [-0.1, -0.05) is 29.4 Å². The first-order chi connectivity index (χ1) is 12.7. The third-order valence-corrected chi connectivity index (χ3v) is 4.97. The highest BCUT2D eigenvalue weighted by molar-refractivity contribution is 5.44. The van der Waals surface area contributed by atoms with E-state index in [1.807, 2.05) is 6.92 Å². The number of aryl methyl sites for hydroxylation is 2. The van der Waals surface area contributed by atoms with Crippen LogP contribution in [0.3, 0.4) is 0 Å². The predicted octanol–water partition coefficient (Wildman–Crippen LogP) is 3.52. The molecule has 1 aliphatic rings. The zero-order valence-corrected chi connectivity index (χ0v) is 15.2. The fourth-order valence-electron chi connectivity index (χ4n) is 3.45. The lowest BCUT2D eigenvalue weighted by Crippen LogP contribution is -2.34. The molecule has 1 saturated heterocycles. The number of aromatic nitrogens is 4. The lowest BCUT2D eigenvalue weighted by Gasteiger charge is -2.31. The maximum atomic E-state index is 5.43. The molecule has 4 rings (SSSR count). The molecule has 134 valence electrons. The molecule has 6 nitrogen and oxygen atoms in total. The van der Waals surface area contributed by atoms with E-state index in [9.17, 15) is 0 Å². The van der Waals surface area contributed by atoms with E-state index in [1.54, 1.807) is 12.4 Å². The van der Waals surface area contributed by atoms with Gasteiger partial charge in [0.1, 0.15) is 5.69 Å². The molecule has 2 aromatic heterocycles. The van der Waals surface area contributed by atoms with Gasteiger partial charge in [0, 0.05) is 25.2 Å². The van der Waals surface area contributed by atoms with Gasteiger partial charge in [-0.3, -0.25) is 9.88 Å². The average molecular weight is 349 g/mol. The number of piperidine rings is 1. The highest BCUT2D eigenvalue weighted by Gasteiger charge is 2.26. The maximum Gasteiger partial charge on any atom is 0.278 e. The Balaban J connectivity index is 1.46. The molecule has 1 aliphatic heterocycles. The minimum absolute atomic E-state index is 0.295. The fraction of sp³-hybridized carbons (Fsp3) is 0.400. The van der Waals surface area contributed by atoms with Gasteiger partial charge in [0.05, 0.1) is 11.9 Å². The van der Waals surface area contributed by atoms with Crippen LogP contribution in [0.4, 0.5) is 0 Å². The maximum absolute atomic E-state index is 5.43. The molecule has 3 heterocycles. The van der Waals surface area contributed by atoms with Crippen LogP contribution < -0.4 is 0 Å². The van der Waals surface area contributed by atoms with Gasteiger partial charge in [0.25, 0.3) is 5.89 Å². The summed E-state index contributed by atoms with van der Waals surface area (Å²) < 4.78 is 5.43. The van der Waals surface area contributed by atoms with Crippen molar-refractivity contribution in [1.82, 2.24) is 25.0 Å². The van der Waals surface area contributed by atoms with E-state index in [0.29, 0.717) is 17.5 Å². The SMILES string of the molecule is Cc1cnc(-c2nc([C@@H]3CCCN(Cc4ccccc4C)C3)no2)cn1. The minimum Gasteiger partial charge on any atom is -0.332 e. The van der Waals surface area contributed by atoms with Crippen LogP contribution in [0.25, 0.3) is 11.6 Å². The van der Waals surface area contributed by atoms with Gasteiger partial charge >= 0.3 is 0 Å². The van der Waals surface area contributed by atoms with Crippen LogP contribution in [-0.2, 0) is 6.54 Å². The van der Waals surface area contributed by atoms with E-state index < -0.39 is 0 Å². The number of likely N-dealkylation sites (tertiary alicyclic amines) is 1. The Bertz CT molecular complexity index is 874. The molecule has 0 spiro atoms. The summed E-state index contributed by atoms with van der Waals surface area (Å²) in [5.74, 6) is 1.52. The van der Waals surface area contributed by atoms with Crippen LogP contribution in [-0.4, -0.2) is 38.1 Å². The van der Waals surface area contributed by atoms with Crippen molar-refractivity contribution in [2.75, 3.05) is 13.1 Å². The Morgan fingerprint density at radius 2 is 2.04 bits per heavy atom. The lowest BCUT2D eigenvalue weighted by molar-refractivity contribution is 0.194. The summed E-state index contributed by atoms with van der Waals surface area (Å²) in [5.41, 5.74) is 4.22.